The average Bonchev–Trinajstić information content (AvgIpc) is 4.00. The third-order valence-corrected chi connectivity index (χ3v) is 15.8. The molecule has 4 aromatic rings. The quantitative estimate of drug-likeness (QED) is 0.130. The number of aryl methyl sites for hydroxylation is 1. The lowest BCUT2D eigenvalue weighted by molar-refractivity contribution is -0.219. The van der Waals surface area contributed by atoms with Crippen LogP contribution in [0.25, 0.3) is 10.9 Å². The summed E-state index contributed by atoms with van der Waals surface area (Å²) in [6.07, 6.45) is 2.98. The fourth-order valence-electron chi connectivity index (χ4n) is 12.6. The summed E-state index contributed by atoms with van der Waals surface area (Å²) in [7, 11) is 3.15. The smallest absolute Gasteiger partial charge is 0.330 e. The van der Waals surface area contributed by atoms with Crippen molar-refractivity contribution in [1.29, 1.82) is 0 Å². The Kier molecular flexibility index (Phi) is 8.08. The monoisotopic (exact) mass is 840 g/mol. The maximum atomic E-state index is 15.4. The van der Waals surface area contributed by atoms with E-state index in [1.165, 1.54) is 18.7 Å². The van der Waals surface area contributed by atoms with Gasteiger partial charge in [0.2, 0.25) is 6.79 Å². The number of nitrogens with one attached hydrogen (secondary N) is 2. The molecule has 316 valence electrons. The van der Waals surface area contributed by atoms with Crippen molar-refractivity contribution >= 4 is 34.6 Å². The number of carbonyl (C=O) groups is 2. The molecule has 9 atom stereocenters. The third-order valence-electron chi connectivity index (χ3n) is 14.6. The van der Waals surface area contributed by atoms with Crippen molar-refractivity contribution < 1.29 is 53.3 Å². The van der Waals surface area contributed by atoms with Crippen LogP contribution in [0.4, 0.5) is 0 Å². The zero-order valence-electron chi connectivity index (χ0n) is 34.4. The fourth-order valence-corrected chi connectivity index (χ4v) is 13.8. The number of benzene rings is 3. The van der Waals surface area contributed by atoms with Gasteiger partial charge in [0.05, 0.1) is 32.1 Å². The zero-order chi connectivity index (χ0) is 41.9. The Labute approximate surface area is 350 Å². The Bertz CT molecular complexity index is 2580. The van der Waals surface area contributed by atoms with Crippen molar-refractivity contribution in [3.63, 3.8) is 0 Å². The maximum absolute atomic E-state index is 15.4. The molecule has 60 heavy (non-hydrogen) atoms. The van der Waals surface area contributed by atoms with Crippen molar-refractivity contribution in [2.45, 2.75) is 99.3 Å². The van der Waals surface area contributed by atoms with Gasteiger partial charge in [-0.15, -0.1) is 0 Å². The minimum Gasteiger partial charge on any atom is -0.504 e. The number of fused-ring (bicyclic) bond motifs is 18. The average molecular weight is 841 g/mol. The van der Waals surface area contributed by atoms with Crippen LogP contribution >= 0.6 is 11.8 Å². The lowest BCUT2D eigenvalue weighted by atomic mass is 9.75. The number of piperazine rings is 1. The number of aromatic amines is 1. The summed E-state index contributed by atoms with van der Waals surface area (Å²) in [5, 5.41) is 39.5. The van der Waals surface area contributed by atoms with Gasteiger partial charge in [0.1, 0.15) is 23.3 Å². The van der Waals surface area contributed by atoms with E-state index >= 15 is 4.79 Å². The highest BCUT2D eigenvalue weighted by Crippen LogP contribution is 2.73. The molecule has 0 amide bonds. The predicted octanol–water partition coefficient (Wildman–Crippen LogP) is 4.39. The van der Waals surface area contributed by atoms with Crippen molar-refractivity contribution in [1.82, 2.24) is 20.1 Å². The number of thioether (sulfide) groups is 1. The number of phenolic OH excluding ortho intramolecular Hbond substituents is 1. The second kappa shape index (κ2) is 12.7. The van der Waals surface area contributed by atoms with Crippen LogP contribution in [0.1, 0.15) is 89.5 Å². The topological polar surface area (TPSA) is 185 Å². The first kappa shape index (κ1) is 38.2. The Hall–Kier alpha value is -4.71. The van der Waals surface area contributed by atoms with Crippen LogP contribution in [-0.2, 0) is 31.9 Å². The minimum atomic E-state index is -1.48. The lowest BCUT2D eigenvalue weighted by Crippen LogP contribution is -2.70. The molecule has 7 aliphatic rings. The first-order chi connectivity index (χ1) is 28.7. The predicted molar refractivity (Wildman–Crippen MR) is 218 cm³/mol. The molecule has 16 heteroatoms. The molecule has 4 bridgehead atoms. The number of nitrogens with zero attached hydrogens (tertiary/aromatic N) is 2. The fraction of sp³-hybridized carbons (Fsp3) is 0.500. The molecule has 6 aliphatic heterocycles. The Balaban J connectivity index is 1.15. The molecule has 1 aliphatic carbocycles. The van der Waals surface area contributed by atoms with Gasteiger partial charge >= 0.3 is 11.9 Å². The minimum absolute atomic E-state index is 0.0540. The number of H-pyrrole nitrogens is 1. The van der Waals surface area contributed by atoms with E-state index in [0.717, 1.165) is 33.2 Å². The van der Waals surface area contributed by atoms with E-state index in [4.69, 9.17) is 28.4 Å². The molecule has 3 saturated heterocycles. The molecule has 0 saturated carbocycles. The van der Waals surface area contributed by atoms with Crippen molar-refractivity contribution in [2.24, 2.45) is 0 Å². The Morgan fingerprint density at radius 3 is 2.58 bits per heavy atom. The summed E-state index contributed by atoms with van der Waals surface area (Å²) in [5.41, 5.74) is 2.96. The van der Waals surface area contributed by atoms with Gasteiger partial charge in [0, 0.05) is 88.8 Å². The first-order valence-electron chi connectivity index (χ1n) is 20.4. The van der Waals surface area contributed by atoms with Crippen LogP contribution < -0.4 is 29.0 Å². The van der Waals surface area contributed by atoms with Gasteiger partial charge in [0.25, 0.3) is 0 Å². The summed E-state index contributed by atoms with van der Waals surface area (Å²) in [5.74, 6) is 1.08. The molecule has 3 aromatic carbocycles. The number of aliphatic hydroxyl groups excluding tert-OH is 1. The number of phenols is 1. The second-order valence-corrected chi connectivity index (χ2v) is 18.6. The van der Waals surface area contributed by atoms with Gasteiger partial charge in [0.15, 0.2) is 28.6 Å². The van der Waals surface area contributed by atoms with Gasteiger partial charge < -0.3 is 48.7 Å². The summed E-state index contributed by atoms with van der Waals surface area (Å²) >= 11 is 1.50. The van der Waals surface area contributed by atoms with Gasteiger partial charge in [-0.25, -0.2) is 4.79 Å². The van der Waals surface area contributed by atoms with Gasteiger partial charge in [-0.2, -0.15) is 11.8 Å². The number of hydrogen-bond donors (Lipinski definition) is 5. The van der Waals surface area contributed by atoms with Gasteiger partial charge in [-0.1, -0.05) is 0 Å². The highest BCUT2D eigenvalue weighted by atomic mass is 32.2. The number of carbonyl (C=O) groups excluding carboxylic acids is 2. The molecule has 11 rings (SSSR count). The second-order valence-electron chi connectivity index (χ2n) is 17.6. The van der Waals surface area contributed by atoms with E-state index in [-0.39, 0.29) is 31.3 Å². The van der Waals surface area contributed by atoms with Crippen molar-refractivity contribution in [3.8, 4) is 34.5 Å². The van der Waals surface area contributed by atoms with Crippen LogP contribution in [0, 0.1) is 13.8 Å². The van der Waals surface area contributed by atoms with E-state index in [1.807, 2.05) is 31.4 Å². The van der Waals surface area contributed by atoms with Gasteiger partial charge in [-0.05, 0) is 74.4 Å². The summed E-state index contributed by atoms with van der Waals surface area (Å²) in [6.45, 7) is 7.18. The van der Waals surface area contributed by atoms with E-state index in [1.54, 1.807) is 21.1 Å². The van der Waals surface area contributed by atoms with E-state index in [2.05, 4.69) is 33.1 Å². The largest absolute Gasteiger partial charge is 0.504 e. The van der Waals surface area contributed by atoms with Crippen LogP contribution in [0.2, 0.25) is 0 Å². The summed E-state index contributed by atoms with van der Waals surface area (Å²) < 4.78 is 37.1. The number of rotatable bonds is 7. The molecule has 0 spiro atoms. The highest BCUT2D eigenvalue weighted by Gasteiger charge is 2.76. The van der Waals surface area contributed by atoms with Crippen LogP contribution in [-0.4, -0.2) is 106 Å². The molecule has 3 unspecified atom stereocenters. The summed E-state index contributed by atoms with van der Waals surface area (Å²) in [4.78, 5) is 36.5. The summed E-state index contributed by atoms with van der Waals surface area (Å²) in [6, 6.07) is 4.64. The number of methoxy groups -OCH3 is 2. The van der Waals surface area contributed by atoms with Crippen molar-refractivity contribution in [3.05, 3.63) is 68.9 Å². The zero-order valence-corrected chi connectivity index (χ0v) is 35.2. The van der Waals surface area contributed by atoms with Crippen LogP contribution in [0.5, 0.6) is 34.5 Å². The van der Waals surface area contributed by atoms with Crippen molar-refractivity contribution in [2.75, 3.05) is 40.4 Å². The molecule has 0 radical (unpaired) electrons. The maximum Gasteiger partial charge on any atom is 0.330 e. The highest BCUT2D eigenvalue weighted by molar-refractivity contribution is 7.99. The third kappa shape index (κ3) is 4.64. The number of piperidine rings is 1. The molecule has 15 nitrogen and oxygen atoms in total. The number of aromatic hydroxyl groups is 1. The molecule has 3 fully saturated rings. The van der Waals surface area contributed by atoms with E-state index in [0.29, 0.717) is 64.8 Å². The Morgan fingerprint density at radius 2 is 1.87 bits per heavy atom. The standard InChI is InChI=1S/C44H48N4O11S/c1-18-10-25-28(35(51)36(18)55-6)33-34-40(60-7)44(59-41(52)32-31-24(11-21(14-49)45-32)23-12-22(54-5)8-9-26(23)46-31)13-27(48(34)43(53)15-42(25,4)47(33)16-43)29-30(44)37(58-20(3)50)19(2)38-39(29)57-17-56-38/h8-10,12,21,27,32-34,40,45-46,49,51,53H,11,13-17H2,1-7H3/t21-,27+,32-,33-,34?,40+,42?,43+,44?/m1/s1. The molecule has 1 aromatic heterocycles. The number of ether oxygens (including phenoxy) is 6. The first-order valence-corrected chi connectivity index (χ1v) is 21.7. The Morgan fingerprint density at radius 1 is 1.08 bits per heavy atom. The molecule has 7 heterocycles. The number of hydrogen-bond acceptors (Lipinski definition) is 15. The van der Waals surface area contributed by atoms with Crippen LogP contribution in [0.15, 0.2) is 24.3 Å². The molecule has 5 N–H and O–H groups in total. The molecular formula is C44H48N4O11S. The SMILES string of the molecule is COc1ccc2[nH]c3c(c2c1)C[C@H](CO)N[C@H]3C(=O)OC12C[C@@H](c3c4c(c(C)c(OC(C)=O)c31)OCO4)N1C([C@H]3c4c(cc(C)c(OC)c4O)C4(C)C[C@]1(O)CN34)[C@@H]2SC. The van der Waals surface area contributed by atoms with Crippen LogP contribution in [0.3, 0.4) is 0 Å². The van der Waals surface area contributed by atoms with E-state index in [9.17, 15) is 20.1 Å². The normalized spacial score (nSPS) is 32.7. The lowest BCUT2D eigenvalue weighted by Gasteiger charge is -2.59. The molecular weight excluding hydrogens is 793 g/mol. The van der Waals surface area contributed by atoms with E-state index < -0.39 is 64.3 Å². The number of aliphatic hydroxyl groups is 2. The van der Waals surface area contributed by atoms with Gasteiger partial charge in [-0.3, -0.25) is 19.9 Å². The number of esters is 2. The number of aromatic nitrogens is 1.